The number of methoxy groups -OCH3 is 2. The standard InChI is InChI=1S/C22H27N7O2S/c1-4-10-28-11-8-15-18(13-28)32-21-19(15)20(24-22-25-26-27-29(21)22)23-9-7-14-5-6-16(30-2)17(12-14)31-3/h5-6,12H,4,7-11,13H2,1-3H3,(H,23,24,25,27)/p+1. The highest BCUT2D eigenvalue weighted by atomic mass is 32.1. The van der Waals surface area contributed by atoms with Crippen LogP contribution in [0.1, 0.15) is 29.3 Å². The van der Waals surface area contributed by atoms with Crippen molar-refractivity contribution in [2.75, 3.05) is 39.2 Å². The van der Waals surface area contributed by atoms with Gasteiger partial charge in [0.15, 0.2) is 11.5 Å². The summed E-state index contributed by atoms with van der Waals surface area (Å²) in [5.74, 6) is 2.88. The largest absolute Gasteiger partial charge is 0.493 e. The summed E-state index contributed by atoms with van der Waals surface area (Å²) in [6.07, 6.45) is 3.10. The summed E-state index contributed by atoms with van der Waals surface area (Å²) in [5, 5.41) is 16.9. The molecule has 1 aliphatic rings. The zero-order valence-electron chi connectivity index (χ0n) is 18.6. The van der Waals surface area contributed by atoms with Crippen molar-refractivity contribution in [3.63, 3.8) is 0 Å². The van der Waals surface area contributed by atoms with E-state index in [9.17, 15) is 0 Å². The molecule has 10 heteroatoms. The van der Waals surface area contributed by atoms with Crippen molar-refractivity contribution in [3.05, 3.63) is 34.2 Å². The van der Waals surface area contributed by atoms with E-state index in [0.29, 0.717) is 5.78 Å². The predicted octanol–water partition coefficient (Wildman–Crippen LogP) is 1.76. The van der Waals surface area contributed by atoms with Crippen molar-refractivity contribution in [1.29, 1.82) is 0 Å². The van der Waals surface area contributed by atoms with Gasteiger partial charge in [0.25, 0.3) is 5.78 Å². The van der Waals surface area contributed by atoms with E-state index in [4.69, 9.17) is 14.5 Å². The van der Waals surface area contributed by atoms with Crippen molar-refractivity contribution < 1.29 is 14.4 Å². The van der Waals surface area contributed by atoms with Gasteiger partial charge in [-0.1, -0.05) is 18.1 Å². The highest BCUT2D eigenvalue weighted by Crippen LogP contribution is 2.36. The van der Waals surface area contributed by atoms with E-state index in [1.807, 2.05) is 12.1 Å². The lowest BCUT2D eigenvalue weighted by Gasteiger charge is -2.23. The van der Waals surface area contributed by atoms with E-state index in [2.05, 4.69) is 33.8 Å². The first kappa shape index (κ1) is 20.9. The number of nitrogens with one attached hydrogen (secondary N) is 2. The number of nitrogens with zero attached hydrogens (tertiary/aromatic N) is 5. The molecular formula is C22H28N7O2S+. The molecule has 0 saturated carbocycles. The van der Waals surface area contributed by atoms with Crippen LogP contribution in [0.4, 0.5) is 5.82 Å². The van der Waals surface area contributed by atoms with E-state index in [-0.39, 0.29) is 0 Å². The lowest BCUT2D eigenvalue weighted by molar-refractivity contribution is -0.915. The molecule has 3 aromatic heterocycles. The third-order valence-corrected chi connectivity index (χ3v) is 7.27. The molecule has 4 heterocycles. The van der Waals surface area contributed by atoms with E-state index < -0.39 is 0 Å². The summed E-state index contributed by atoms with van der Waals surface area (Å²) >= 11 is 1.81. The number of fused-ring (bicyclic) bond motifs is 5. The normalized spacial score (nSPS) is 15.8. The Labute approximate surface area is 190 Å². The van der Waals surface area contributed by atoms with Crippen LogP contribution in [0.3, 0.4) is 0 Å². The van der Waals surface area contributed by atoms with Crippen molar-refractivity contribution >= 4 is 33.1 Å². The third-order valence-electron chi connectivity index (χ3n) is 6.06. The van der Waals surface area contributed by atoms with Gasteiger partial charge in [-0.05, 0) is 46.5 Å². The first-order valence-electron chi connectivity index (χ1n) is 11.0. The topological polar surface area (TPSA) is 90.9 Å². The van der Waals surface area contributed by atoms with Crippen molar-refractivity contribution in [2.24, 2.45) is 0 Å². The molecular weight excluding hydrogens is 426 g/mol. The van der Waals surface area contributed by atoms with Crippen LogP contribution in [0.5, 0.6) is 11.5 Å². The number of aromatic nitrogens is 5. The number of hydrogen-bond donors (Lipinski definition) is 2. The Kier molecular flexibility index (Phi) is 5.79. The van der Waals surface area contributed by atoms with Crippen LogP contribution in [0, 0.1) is 0 Å². The van der Waals surface area contributed by atoms with Crippen LogP contribution >= 0.6 is 11.3 Å². The molecule has 0 amide bonds. The van der Waals surface area contributed by atoms with Gasteiger partial charge in [0.2, 0.25) is 0 Å². The molecule has 5 rings (SSSR count). The van der Waals surface area contributed by atoms with Gasteiger partial charge in [0, 0.05) is 13.0 Å². The molecule has 168 valence electrons. The second kappa shape index (κ2) is 8.87. The van der Waals surface area contributed by atoms with Gasteiger partial charge in [-0.25, -0.2) is 0 Å². The van der Waals surface area contributed by atoms with E-state index in [0.717, 1.165) is 54.6 Å². The summed E-state index contributed by atoms with van der Waals surface area (Å²) in [7, 11) is 3.31. The molecule has 1 aliphatic heterocycles. The number of benzene rings is 1. The summed E-state index contributed by atoms with van der Waals surface area (Å²) in [6, 6.07) is 6.03. The number of quaternary nitrogens is 1. The van der Waals surface area contributed by atoms with E-state index in [1.165, 1.54) is 34.4 Å². The van der Waals surface area contributed by atoms with E-state index in [1.54, 1.807) is 35.0 Å². The smallest absolute Gasteiger partial charge is 0.276 e. The summed E-state index contributed by atoms with van der Waals surface area (Å²) in [5.41, 5.74) is 2.58. The summed E-state index contributed by atoms with van der Waals surface area (Å²) < 4.78 is 12.5. The highest BCUT2D eigenvalue weighted by Gasteiger charge is 2.27. The molecule has 1 atom stereocenters. The van der Waals surface area contributed by atoms with Gasteiger partial charge < -0.3 is 19.7 Å². The summed E-state index contributed by atoms with van der Waals surface area (Å²) in [6.45, 7) is 6.43. The van der Waals surface area contributed by atoms with Gasteiger partial charge in [-0.2, -0.15) is 9.50 Å². The van der Waals surface area contributed by atoms with Crippen LogP contribution in [-0.2, 0) is 19.4 Å². The average Bonchev–Trinajstić information content (AvgIpc) is 3.43. The molecule has 0 bridgehead atoms. The Hall–Kier alpha value is -2.98. The Balaban J connectivity index is 1.43. The fourth-order valence-electron chi connectivity index (χ4n) is 4.51. The summed E-state index contributed by atoms with van der Waals surface area (Å²) in [4.78, 5) is 8.92. The van der Waals surface area contributed by atoms with Crippen molar-refractivity contribution in [1.82, 2.24) is 25.0 Å². The maximum Gasteiger partial charge on any atom is 0.276 e. The van der Waals surface area contributed by atoms with Gasteiger partial charge >= 0.3 is 0 Å². The number of tetrazole rings is 1. The van der Waals surface area contributed by atoms with Crippen LogP contribution in [0.2, 0.25) is 0 Å². The molecule has 0 saturated heterocycles. The monoisotopic (exact) mass is 454 g/mol. The lowest BCUT2D eigenvalue weighted by atomic mass is 10.0. The Morgan fingerprint density at radius 1 is 1.22 bits per heavy atom. The number of rotatable bonds is 8. The highest BCUT2D eigenvalue weighted by molar-refractivity contribution is 7.19. The maximum atomic E-state index is 5.43. The third kappa shape index (κ3) is 3.73. The molecule has 0 fully saturated rings. The molecule has 0 radical (unpaired) electrons. The quantitative estimate of drug-likeness (QED) is 0.419. The van der Waals surface area contributed by atoms with Gasteiger partial charge in [0.05, 0.1) is 37.6 Å². The SMILES string of the molecule is CCC[NH+]1CCc2c(sc3c2c(NCCc2ccc(OC)c(OC)c2)nc2nnnn23)C1. The Bertz CT molecular complexity index is 1250. The maximum absolute atomic E-state index is 5.43. The number of hydrogen-bond acceptors (Lipinski definition) is 8. The zero-order valence-corrected chi connectivity index (χ0v) is 19.5. The number of ether oxygens (including phenoxy) is 2. The predicted molar refractivity (Wildman–Crippen MR) is 124 cm³/mol. The molecule has 0 spiro atoms. The molecule has 4 aromatic rings. The molecule has 9 nitrogen and oxygen atoms in total. The Morgan fingerprint density at radius 3 is 2.91 bits per heavy atom. The van der Waals surface area contributed by atoms with Crippen LogP contribution < -0.4 is 19.7 Å². The molecule has 1 unspecified atom stereocenters. The first-order chi connectivity index (χ1) is 15.7. The van der Waals surface area contributed by atoms with E-state index >= 15 is 0 Å². The fraction of sp³-hybridized carbons (Fsp3) is 0.455. The fourth-order valence-corrected chi connectivity index (χ4v) is 5.87. The van der Waals surface area contributed by atoms with Gasteiger partial charge in [-0.3, -0.25) is 0 Å². The van der Waals surface area contributed by atoms with Gasteiger partial charge in [0.1, 0.15) is 17.2 Å². The van der Waals surface area contributed by atoms with Crippen molar-refractivity contribution in [2.45, 2.75) is 32.7 Å². The average molecular weight is 455 g/mol. The zero-order chi connectivity index (χ0) is 22.1. The molecule has 32 heavy (non-hydrogen) atoms. The second-order valence-electron chi connectivity index (χ2n) is 8.08. The minimum absolute atomic E-state index is 0.530. The van der Waals surface area contributed by atoms with Gasteiger partial charge in [-0.15, -0.1) is 11.3 Å². The number of thiophene rings is 1. The van der Waals surface area contributed by atoms with Crippen LogP contribution in [-0.4, -0.2) is 58.9 Å². The lowest BCUT2D eigenvalue weighted by Crippen LogP contribution is -3.11. The van der Waals surface area contributed by atoms with Crippen LogP contribution in [0.25, 0.3) is 16.0 Å². The molecule has 1 aromatic carbocycles. The first-order valence-corrected chi connectivity index (χ1v) is 11.8. The minimum Gasteiger partial charge on any atom is -0.493 e. The second-order valence-corrected chi connectivity index (χ2v) is 9.16. The number of anilines is 1. The van der Waals surface area contributed by atoms with Crippen LogP contribution in [0.15, 0.2) is 18.2 Å². The molecule has 2 N–H and O–H groups in total. The molecule has 0 aliphatic carbocycles. The van der Waals surface area contributed by atoms with Crippen molar-refractivity contribution in [3.8, 4) is 11.5 Å². The minimum atomic E-state index is 0.530. The Morgan fingerprint density at radius 2 is 2.09 bits per heavy atom.